The predicted octanol–water partition coefficient (Wildman–Crippen LogP) is 2.86. The molecule has 2 N–H and O–H groups in total. The zero-order valence-corrected chi connectivity index (χ0v) is 16.4. The first-order valence-electron chi connectivity index (χ1n) is 9.08. The van der Waals surface area contributed by atoms with Crippen LogP contribution in [0.3, 0.4) is 0 Å². The average molecular weight is 396 g/mol. The summed E-state index contributed by atoms with van der Waals surface area (Å²) in [5.74, 6) is 1.32. The van der Waals surface area contributed by atoms with Crippen LogP contribution in [-0.4, -0.2) is 47.9 Å². The Labute approximate surface area is 165 Å². The second-order valence-corrected chi connectivity index (χ2v) is 7.65. The molecule has 4 aromatic rings. The number of aryl methyl sites for hydroxylation is 2. The zero-order chi connectivity index (χ0) is 19.1. The van der Waals surface area contributed by atoms with Gasteiger partial charge in [0.1, 0.15) is 10.5 Å². The summed E-state index contributed by atoms with van der Waals surface area (Å²) < 4.78 is 13.7. The van der Waals surface area contributed by atoms with Crippen molar-refractivity contribution in [3.63, 3.8) is 0 Å². The van der Waals surface area contributed by atoms with E-state index in [4.69, 9.17) is 14.7 Å². The molecule has 0 aliphatic carbocycles. The van der Waals surface area contributed by atoms with E-state index in [0.29, 0.717) is 12.6 Å². The van der Waals surface area contributed by atoms with Crippen molar-refractivity contribution in [2.45, 2.75) is 19.4 Å². The Bertz CT molecular complexity index is 1120. The lowest BCUT2D eigenvalue weighted by Crippen LogP contribution is -2.20. The van der Waals surface area contributed by atoms with E-state index in [1.54, 1.807) is 4.68 Å². The van der Waals surface area contributed by atoms with Gasteiger partial charge in [-0.05, 0) is 37.0 Å². The standard InChI is InChI=1S/C18H20N8OS/c1-11-7-15(28-24-11)22-18-21-14-3-5-26(13-8-19-25(2)9-13)16(14)17(23-18)20-12-4-6-27-10-12/h3,5,7-9,12H,4,6,10H2,1-2H3,(H2,20,21,22,23)/t12-/m1/s1. The molecule has 5 heterocycles. The molecule has 9 nitrogen and oxygen atoms in total. The predicted molar refractivity (Wildman–Crippen MR) is 109 cm³/mol. The second-order valence-electron chi connectivity index (χ2n) is 6.85. The Balaban J connectivity index is 1.59. The normalized spacial score (nSPS) is 16.7. The number of ether oxygens (including phenoxy) is 1. The molecule has 0 saturated carbocycles. The molecule has 144 valence electrons. The molecule has 0 amide bonds. The second kappa shape index (κ2) is 6.88. The molecule has 0 aromatic carbocycles. The van der Waals surface area contributed by atoms with E-state index in [0.717, 1.165) is 46.3 Å². The van der Waals surface area contributed by atoms with Crippen molar-refractivity contribution in [3.05, 3.63) is 36.4 Å². The molecule has 4 aromatic heterocycles. The van der Waals surface area contributed by atoms with Gasteiger partial charge in [-0.3, -0.25) is 4.68 Å². The maximum absolute atomic E-state index is 5.52. The minimum Gasteiger partial charge on any atom is -0.379 e. The van der Waals surface area contributed by atoms with E-state index in [-0.39, 0.29) is 6.04 Å². The van der Waals surface area contributed by atoms with Gasteiger partial charge in [0.25, 0.3) is 0 Å². The lowest BCUT2D eigenvalue weighted by molar-refractivity contribution is 0.195. The van der Waals surface area contributed by atoms with Gasteiger partial charge in [-0.25, -0.2) is 4.98 Å². The summed E-state index contributed by atoms with van der Waals surface area (Å²) in [5.41, 5.74) is 3.71. The van der Waals surface area contributed by atoms with Gasteiger partial charge in [0.05, 0.1) is 35.7 Å². The van der Waals surface area contributed by atoms with Crippen LogP contribution in [0.5, 0.6) is 0 Å². The SMILES string of the molecule is Cc1cc(Nc2nc(N[C@@H]3CCOC3)c3c(ccn3-c3cnn(C)c3)n2)sn1. The van der Waals surface area contributed by atoms with Gasteiger partial charge in [0.15, 0.2) is 5.82 Å². The highest BCUT2D eigenvalue weighted by atomic mass is 32.1. The molecule has 1 aliphatic heterocycles. The lowest BCUT2D eigenvalue weighted by Gasteiger charge is -2.15. The van der Waals surface area contributed by atoms with Gasteiger partial charge >= 0.3 is 0 Å². The fraction of sp³-hybridized carbons (Fsp3) is 0.333. The largest absolute Gasteiger partial charge is 0.379 e. The minimum atomic E-state index is 0.230. The Morgan fingerprint density at radius 1 is 1.32 bits per heavy atom. The van der Waals surface area contributed by atoms with Gasteiger partial charge in [0, 0.05) is 26.0 Å². The molecule has 0 radical (unpaired) electrons. The quantitative estimate of drug-likeness (QED) is 0.536. The number of hydrogen-bond donors (Lipinski definition) is 2. The summed E-state index contributed by atoms with van der Waals surface area (Å²) in [7, 11) is 1.90. The van der Waals surface area contributed by atoms with Crippen LogP contribution in [0.1, 0.15) is 12.1 Å². The zero-order valence-electron chi connectivity index (χ0n) is 15.6. The van der Waals surface area contributed by atoms with E-state index < -0.39 is 0 Å². The van der Waals surface area contributed by atoms with Crippen molar-refractivity contribution in [3.8, 4) is 5.69 Å². The number of nitrogens with one attached hydrogen (secondary N) is 2. The highest BCUT2D eigenvalue weighted by Crippen LogP contribution is 2.29. The van der Waals surface area contributed by atoms with Crippen LogP contribution in [0.15, 0.2) is 30.7 Å². The molecular weight excluding hydrogens is 376 g/mol. The molecule has 0 unspecified atom stereocenters. The van der Waals surface area contributed by atoms with Crippen molar-refractivity contribution >= 4 is 39.3 Å². The fourth-order valence-corrected chi connectivity index (χ4v) is 3.98. The smallest absolute Gasteiger partial charge is 0.230 e. The average Bonchev–Trinajstić information content (AvgIpc) is 3.43. The Morgan fingerprint density at radius 2 is 2.25 bits per heavy atom. The third-order valence-corrected chi connectivity index (χ3v) is 5.43. The topological polar surface area (TPSA) is 94.7 Å². The lowest BCUT2D eigenvalue weighted by atomic mass is 10.2. The number of nitrogens with zero attached hydrogens (tertiary/aromatic N) is 6. The molecule has 1 fully saturated rings. The maximum Gasteiger partial charge on any atom is 0.230 e. The number of fused-ring (bicyclic) bond motifs is 1. The summed E-state index contributed by atoms with van der Waals surface area (Å²) in [5, 5.41) is 12.0. The summed E-state index contributed by atoms with van der Waals surface area (Å²) in [6.45, 7) is 3.41. The third kappa shape index (κ3) is 3.20. The van der Waals surface area contributed by atoms with Gasteiger partial charge in [0.2, 0.25) is 5.95 Å². The maximum atomic E-state index is 5.52. The number of rotatable bonds is 5. The molecule has 10 heteroatoms. The van der Waals surface area contributed by atoms with Gasteiger partial charge in [-0.15, -0.1) is 0 Å². The van der Waals surface area contributed by atoms with E-state index in [9.17, 15) is 0 Å². The third-order valence-electron chi connectivity index (χ3n) is 4.64. The number of aromatic nitrogens is 6. The Kier molecular flexibility index (Phi) is 4.21. The summed E-state index contributed by atoms with van der Waals surface area (Å²) in [6.07, 6.45) is 6.74. The van der Waals surface area contributed by atoms with Gasteiger partial charge in [-0.2, -0.15) is 14.5 Å². The molecule has 1 aliphatic rings. The fourth-order valence-electron chi connectivity index (χ4n) is 3.32. The van der Waals surface area contributed by atoms with E-state index >= 15 is 0 Å². The van der Waals surface area contributed by atoms with E-state index in [2.05, 4.69) is 24.7 Å². The van der Waals surface area contributed by atoms with Crippen LogP contribution >= 0.6 is 11.5 Å². The summed E-state index contributed by atoms with van der Waals surface area (Å²) in [6, 6.07) is 4.20. The van der Waals surface area contributed by atoms with E-state index in [1.807, 2.05) is 44.7 Å². The van der Waals surface area contributed by atoms with Crippen LogP contribution in [-0.2, 0) is 11.8 Å². The first-order valence-corrected chi connectivity index (χ1v) is 9.86. The van der Waals surface area contributed by atoms with Crippen LogP contribution < -0.4 is 10.6 Å². The van der Waals surface area contributed by atoms with E-state index in [1.165, 1.54) is 11.5 Å². The highest BCUT2D eigenvalue weighted by Gasteiger charge is 2.20. The molecule has 0 spiro atoms. The van der Waals surface area contributed by atoms with Crippen molar-refractivity contribution in [2.75, 3.05) is 23.8 Å². The monoisotopic (exact) mass is 396 g/mol. The molecule has 1 saturated heterocycles. The molecule has 5 rings (SSSR count). The highest BCUT2D eigenvalue weighted by molar-refractivity contribution is 7.10. The molecule has 28 heavy (non-hydrogen) atoms. The van der Waals surface area contributed by atoms with Crippen molar-refractivity contribution in [1.29, 1.82) is 0 Å². The molecule has 1 atom stereocenters. The first kappa shape index (κ1) is 17.1. The number of anilines is 3. The van der Waals surface area contributed by atoms with Crippen LogP contribution in [0.4, 0.5) is 16.8 Å². The van der Waals surface area contributed by atoms with Crippen LogP contribution in [0.2, 0.25) is 0 Å². The van der Waals surface area contributed by atoms with Crippen molar-refractivity contribution < 1.29 is 4.74 Å². The molecule has 0 bridgehead atoms. The van der Waals surface area contributed by atoms with Crippen LogP contribution in [0.25, 0.3) is 16.7 Å². The van der Waals surface area contributed by atoms with Gasteiger partial charge < -0.3 is 19.9 Å². The van der Waals surface area contributed by atoms with Gasteiger partial charge in [-0.1, -0.05) is 0 Å². The minimum absolute atomic E-state index is 0.230. The van der Waals surface area contributed by atoms with Crippen molar-refractivity contribution in [2.24, 2.45) is 7.05 Å². The Hall–Kier alpha value is -2.98. The van der Waals surface area contributed by atoms with Crippen LogP contribution in [0, 0.1) is 6.92 Å². The summed E-state index contributed by atoms with van der Waals surface area (Å²) >= 11 is 1.40. The first-order chi connectivity index (χ1) is 13.7. The van der Waals surface area contributed by atoms with Crippen molar-refractivity contribution in [1.82, 2.24) is 28.7 Å². The number of hydrogen-bond acceptors (Lipinski definition) is 8. The summed E-state index contributed by atoms with van der Waals surface area (Å²) in [4.78, 5) is 9.48. The molecular formula is C18H20N8OS. The Morgan fingerprint density at radius 3 is 2.96 bits per heavy atom.